The zero-order valence-electron chi connectivity index (χ0n) is 19.6. The first-order valence-electron chi connectivity index (χ1n) is 11.0. The number of imide groups is 1. The molecule has 3 aromatic rings. The molecular weight excluding hydrogens is 532 g/mol. The SMILES string of the molecule is O=C(CN1C(=O)S/C(=C\c2cccc(OC(=O)c3cc([N+](=O)[O-])cc([N+](=O)[O-])c3)c2)C1=O)Nc1ccccc1. The van der Waals surface area contributed by atoms with Crippen LogP contribution in [-0.2, 0) is 9.59 Å². The summed E-state index contributed by atoms with van der Waals surface area (Å²) in [7, 11) is 0. The summed E-state index contributed by atoms with van der Waals surface area (Å²) in [6, 6.07) is 16.7. The molecule has 14 heteroatoms. The maximum Gasteiger partial charge on any atom is 0.344 e. The van der Waals surface area contributed by atoms with Gasteiger partial charge in [0.05, 0.1) is 26.4 Å². The lowest BCUT2D eigenvalue weighted by Gasteiger charge is -2.12. The molecule has 0 atom stereocenters. The highest BCUT2D eigenvalue weighted by Crippen LogP contribution is 2.33. The highest BCUT2D eigenvalue weighted by Gasteiger charge is 2.36. The number of amides is 3. The first-order chi connectivity index (χ1) is 18.6. The molecule has 1 aliphatic rings. The van der Waals surface area contributed by atoms with Crippen LogP contribution in [0.5, 0.6) is 5.75 Å². The Labute approximate surface area is 223 Å². The van der Waals surface area contributed by atoms with E-state index in [1.807, 2.05) is 0 Å². The van der Waals surface area contributed by atoms with Crippen molar-refractivity contribution in [3.63, 3.8) is 0 Å². The van der Waals surface area contributed by atoms with Crippen LogP contribution in [0.25, 0.3) is 6.08 Å². The van der Waals surface area contributed by atoms with E-state index in [-0.39, 0.29) is 10.7 Å². The summed E-state index contributed by atoms with van der Waals surface area (Å²) in [5.41, 5.74) is -0.840. The van der Waals surface area contributed by atoms with Gasteiger partial charge in [-0.1, -0.05) is 30.3 Å². The van der Waals surface area contributed by atoms with Gasteiger partial charge in [-0.05, 0) is 47.7 Å². The summed E-state index contributed by atoms with van der Waals surface area (Å²) in [5.74, 6) is -2.34. The van der Waals surface area contributed by atoms with Crippen molar-refractivity contribution < 1.29 is 33.8 Å². The predicted molar refractivity (Wildman–Crippen MR) is 139 cm³/mol. The van der Waals surface area contributed by atoms with Crippen LogP contribution in [0.3, 0.4) is 0 Å². The number of nitrogens with zero attached hydrogens (tertiary/aromatic N) is 3. The number of benzene rings is 3. The van der Waals surface area contributed by atoms with Crippen molar-refractivity contribution in [1.82, 2.24) is 4.90 Å². The van der Waals surface area contributed by atoms with Crippen LogP contribution in [-0.4, -0.2) is 44.3 Å². The Morgan fingerprint density at radius 2 is 1.59 bits per heavy atom. The Morgan fingerprint density at radius 3 is 2.23 bits per heavy atom. The molecule has 0 saturated carbocycles. The normalized spacial score (nSPS) is 13.8. The smallest absolute Gasteiger partial charge is 0.344 e. The van der Waals surface area contributed by atoms with E-state index in [1.54, 1.807) is 36.4 Å². The molecule has 1 fully saturated rings. The quantitative estimate of drug-likeness (QED) is 0.139. The third kappa shape index (κ3) is 6.50. The molecule has 3 aromatic carbocycles. The number of anilines is 1. The van der Waals surface area contributed by atoms with Crippen LogP contribution in [0.1, 0.15) is 15.9 Å². The molecule has 13 nitrogen and oxygen atoms in total. The van der Waals surface area contributed by atoms with Gasteiger partial charge in [0.1, 0.15) is 12.3 Å². The molecule has 1 saturated heterocycles. The lowest BCUT2D eigenvalue weighted by molar-refractivity contribution is -0.394. The maximum absolute atomic E-state index is 12.8. The van der Waals surface area contributed by atoms with Crippen LogP contribution in [0.2, 0.25) is 0 Å². The fourth-order valence-corrected chi connectivity index (χ4v) is 4.25. The van der Waals surface area contributed by atoms with Gasteiger partial charge in [0.15, 0.2) is 0 Å². The first kappa shape index (κ1) is 26.7. The summed E-state index contributed by atoms with van der Waals surface area (Å²) in [4.78, 5) is 71.2. The van der Waals surface area contributed by atoms with Gasteiger partial charge in [0.2, 0.25) is 5.91 Å². The minimum atomic E-state index is -1.08. The van der Waals surface area contributed by atoms with E-state index in [2.05, 4.69) is 5.32 Å². The van der Waals surface area contributed by atoms with Crippen LogP contribution in [0, 0.1) is 20.2 Å². The summed E-state index contributed by atoms with van der Waals surface area (Å²) < 4.78 is 5.22. The van der Waals surface area contributed by atoms with Gasteiger partial charge in [-0.15, -0.1) is 0 Å². The number of hydrogen-bond acceptors (Lipinski definition) is 10. The fourth-order valence-electron chi connectivity index (χ4n) is 3.41. The zero-order valence-corrected chi connectivity index (χ0v) is 20.5. The zero-order chi connectivity index (χ0) is 28.1. The van der Waals surface area contributed by atoms with E-state index in [9.17, 15) is 39.4 Å². The molecule has 39 heavy (non-hydrogen) atoms. The minimum Gasteiger partial charge on any atom is -0.423 e. The van der Waals surface area contributed by atoms with E-state index in [1.165, 1.54) is 24.3 Å². The Balaban J connectivity index is 1.47. The van der Waals surface area contributed by atoms with Gasteiger partial charge in [-0.3, -0.25) is 39.5 Å². The summed E-state index contributed by atoms with van der Waals surface area (Å²) >= 11 is 0.633. The van der Waals surface area contributed by atoms with E-state index >= 15 is 0 Å². The molecule has 196 valence electrons. The molecule has 0 unspecified atom stereocenters. The Morgan fingerprint density at radius 1 is 0.923 bits per heavy atom. The van der Waals surface area contributed by atoms with Crippen molar-refractivity contribution in [2.45, 2.75) is 0 Å². The van der Waals surface area contributed by atoms with Crippen LogP contribution in [0.15, 0.2) is 77.7 Å². The predicted octanol–water partition coefficient (Wildman–Crippen LogP) is 4.40. The average Bonchev–Trinajstić information content (AvgIpc) is 3.16. The van der Waals surface area contributed by atoms with Crippen molar-refractivity contribution in [2.75, 3.05) is 11.9 Å². The van der Waals surface area contributed by atoms with Crippen LogP contribution >= 0.6 is 11.8 Å². The van der Waals surface area contributed by atoms with Gasteiger partial charge in [0.25, 0.3) is 22.5 Å². The largest absolute Gasteiger partial charge is 0.423 e. The highest BCUT2D eigenvalue weighted by atomic mass is 32.2. The lowest BCUT2D eigenvalue weighted by atomic mass is 10.1. The van der Waals surface area contributed by atoms with Crippen LogP contribution in [0.4, 0.5) is 21.9 Å². The second-order valence-electron chi connectivity index (χ2n) is 7.90. The second kappa shape index (κ2) is 11.4. The van der Waals surface area contributed by atoms with Gasteiger partial charge >= 0.3 is 5.97 Å². The standard InChI is InChI=1S/C25H16N4O9S/c30-22(26-17-6-2-1-3-7-17)14-27-23(31)21(39-25(27)33)10-15-5-4-8-20(9-15)38-24(32)16-11-18(28(34)35)13-19(12-16)29(36)37/h1-13H,14H2,(H,26,30)/b21-10-. The Hall–Kier alpha value is -5.37. The number of nitro benzene ring substituents is 2. The third-order valence-electron chi connectivity index (χ3n) is 5.16. The molecule has 1 N–H and O–H groups in total. The number of carbonyl (C=O) groups excluding carboxylic acids is 4. The molecule has 0 bridgehead atoms. The Kier molecular flexibility index (Phi) is 7.77. The van der Waals surface area contributed by atoms with Crippen molar-refractivity contribution >= 4 is 57.9 Å². The maximum atomic E-state index is 12.8. The number of non-ortho nitro benzene ring substituents is 2. The first-order valence-corrected chi connectivity index (χ1v) is 11.8. The second-order valence-corrected chi connectivity index (χ2v) is 8.89. The van der Waals surface area contributed by atoms with Crippen LogP contribution < -0.4 is 10.1 Å². The molecule has 0 aromatic heterocycles. The number of esters is 1. The summed E-state index contributed by atoms with van der Waals surface area (Å²) in [6.45, 7) is -0.482. The number of hydrogen-bond donors (Lipinski definition) is 1. The number of rotatable bonds is 8. The Bertz CT molecular complexity index is 1520. The molecule has 1 heterocycles. The van der Waals surface area contributed by atoms with E-state index in [0.29, 0.717) is 23.0 Å². The molecule has 3 amide bonds. The number of nitro groups is 2. The van der Waals surface area contributed by atoms with Gasteiger partial charge in [0, 0.05) is 17.8 Å². The molecule has 0 spiro atoms. The van der Waals surface area contributed by atoms with E-state index in [4.69, 9.17) is 4.74 Å². The molecular formula is C25H16N4O9S. The number of thioether (sulfide) groups is 1. The fraction of sp³-hybridized carbons (Fsp3) is 0.0400. The third-order valence-corrected chi connectivity index (χ3v) is 6.07. The molecule has 4 rings (SSSR count). The number of nitrogens with one attached hydrogen (secondary N) is 1. The number of carbonyl (C=O) groups is 4. The summed E-state index contributed by atoms with van der Waals surface area (Å²) in [6.07, 6.45) is 1.37. The average molecular weight is 548 g/mol. The highest BCUT2D eigenvalue weighted by molar-refractivity contribution is 8.18. The van der Waals surface area contributed by atoms with Crippen molar-refractivity contribution in [2.24, 2.45) is 0 Å². The minimum absolute atomic E-state index is 0.0237. The van der Waals surface area contributed by atoms with Crippen molar-refractivity contribution in [3.8, 4) is 5.75 Å². The number of ether oxygens (including phenoxy) is 1. The topological polar surface area (TPSA) is 179 Å². The van der Waals surface area contributed by atoms with E-state index in [0.717, 1.165) is 23.1 Å². The monoisotopic (exact) mass is 548 g/mol. The number of para-hydroxylation sites is 1. The van der Waals surface area contributed by atoms with Crippen molar-refractivity contribution in [1.29, 1.82) is 0 Å². The molecule has 0 aliphatic carbocycles. The van der Waals surface area contributed by atoms with E-state index < -0.39 is 56.4 Å². The van der Waals surface area contributed by atoms with Gasteiger partial charge in [-0.25, -0.2) is 4.79 Å². The molecule has 0 radical (unpaired) electrons. The van der Waals surface area contributed by atoms with Crippen molar-refractivity contribution in [3.05, 3.63) is 109 Å². The van der Waals surface area contributed by atoms with Gasteiger partial charge in [-0.2, -0.15) is 0 Å². The summed E-state index contributed by atoms with van der Waals surface area (Å²) in [5, 5.41) is 24.1. The molecule has 1 aliphatic heterocycles. The lowest BCUT2D eigenvalue weighted by Crippen LogP contribution is -2.36. The van der Waals surface area contributed by atoms with Gasteiger partial charge < -0.3 is 10.1 Å².